The van der Waals surface area contributed by atoms with E-state index in [1.807, 2.05) is 11.8 Å². The largest absolute Gasteiger partial charge is 0.335 e. The number of hydrogen-bond acceptors (Lipinski definition) is 3. The van der Waals surface area contributed by atoms with Gasteiger partial charge in [-0.2, -0.15) is 0 Å². The summed E-state index contributed by atoms with van der Waals surface area (Å²) >= 11 is 1.92. The summed E-state index contributed by atoms with van der Waals surface area (Å²) in [6.07, 6.45) is 9.05. The van der Waals surface area contributed by atoms with E-state index in [9.17, 15) is 0 Å². The van der Waals surface area contributed by atoms with E-state index < -0.39 is 0 Å². The third kappa shape index (κ3) is 2.73. The lowest BCUT2D eigenvalue weighted by molar-refractivity contribution is 0.273. The maximum atomic E-state index is 5.07. The van der Waals surface area contributed by atoms with Crippen LogP contribution in [0, 0.1) is 5.92 Å². The first-order valence-electron chi connectivity index (χ1n) is 8.34. The van der Waals surface area contributed by atoms with Crippen LogP contribution in [0.25, 0.3) is 0 Å². The number of benzene rings is 1. The summed E-state index contributed by atoms with van der Waals surface area (Å²) in [4.78, 5) is 5.07. The Kier molecular flexibility index (Phi) is 3.49. The Hall–Kier alpha value is -0.960. The number of nitrogens with one attached hydrogen (secondary N) is 1. The van der Waals surface area contributed by atoms with E-state index in [1.54, 1.807) is 5.56 Å². The van der Waals surface area contributed by atoms with E-state index in [4.69, 9.17) is 4.99 Å². The van der Waals surface area contributed by atoms with E-state index in [0.29, 0.717) is 0 Å². The number of rotatable bonds is 1. The van der Waals surface area contributed by atoms with Gasteiger partial charge < -0.3 is 5.32 Å². The molecule has 1 spiro atoms. The van der Waals surface area contributed by atoms with Crippen molar-refractivity contribution in [2.24, 2.45) is 10.9 Å². The summed E-state index contributed by atoms with van der Waals surface area (Å²) in [7, 11) is 0. The molecule has 1 heterocycles. The summed E-state index contributed by atoms with van der Waals surface area (Å²) in [5, 5.41) is 4.71. The average Bonchev–Trinajstić information content (AvgIpc) is 3.10. The van der Waals surface area contributed by atoms with Gasteiger partial charge in [0.15, 0.2) is 5.17 Å². The molecule has 112 valence electrons. The van der Waals surface area contributed by atoms with Gasteiger partial charge in [0.1, 0.15) is 0 Å². The van der Waals surface area contributed by atoms with E-state index >= 15 is 0 Å². The SMILES string of the molecule is CC1CCC2(CC1)CSC(Nc1ccc3c(c1)CCC3)=N2. The fraction of sp³-hybridized carbons (Fsp3) is 0.611. The molecule has 0 bridgehead atoms. The fourth-order valence-corrected chi connectivity index (χ4v) is 5.08. The third-order valence-corrected chi connectivity index (χ3v) is 6.52. The van der Waals surface area contributed by atoms with Crippen molar-refractivity contribution in [2.45, 2.75) is 57.4 Å². The summed E-state index contributed by atoms with van der Waals surface area (Å²) < 4.78 is 0. The third-order valence-electron chi connectivity index (χ3n) is 5.37. The zero-order valence-electron chi connectivity index (χ0n) is 12.8. The Labute approximate surface area is 131 Å². The van der Waals surface area contributed by atoms with Crippen molar-refractivity contribution in [1.82, 2.24) is 0 Å². The van der Waals surface area contributed by atoms with Gasteiger partial charge in [-0.1, -0.05) is 24.8 Å². The van der Waals surface area contributed by atoms with E-state index in [0.717, 1.165) is 11.1 Å². The smallest absolute Gasteiger partial charge is 0.161 e. The average molecular weight is 300 g/mol. The van der Waals surface area contributed by atoms with Crippen LogP contribution in [0.15, 0.2) is 23.2 Å². The second kappa shape index (κ2) is 5.35. The van der Waals surface area contributed by atoms with E-state index in [1.165, 1.54) is 61.9 Å². The molecule has 2 nitrogen and oxygen atoms in total. The molecule has 4 rings (SSSR count). The minimum atomic E-state index is 0.246. The lowest BCUT2D eigenvalue weighted by Gasteiger charge is -2.32. The number of aliphatic imine (C=N–C) groups is 1. The second-order valence-electron chi connectivity index (χ2n) is 7.07. The Bertz CT molecular complexity index is 571. The lowest BCUT2D eigenvalue weighted by Crippen LogP contribution is -2.32. The van der Waals surface area contributed by atoms with Gasteiger partial charge in [-0.05, 0) is 74.1 Å². The van der Waals surface area contributed by atoms with E-state index in [2.05, 4.69) is 30.4 Å². The molecule has 0 unspecified atom stereocenters. The number of amidine groups is 1. The molecule has 1 saturated carbocycles. The molecule has 1 aromatic rings. The minimum absolute atomic E-state index is 0.246. The van der Waals surface area contributed by atoms with Crippen molar-refractivity contribution in [3.05, 3.63) is 29.3 Å². The molecular formula is C18H24N2S. The normalized spacial score (nSPS) is 31.3. The van der Waals surface area contributed by atoms with Gasteiger partial charge in [0.05, 0.1) is 5.54 Å². The van der Waals surface area contributed by atoms with Gasteiger partial charge in [0.2, 0.25) is 0 Å². The topological polar surface area (TPSA) is 24.4 Å². The molecule has 0 atom stereocenters. The molecule has 21 heavy (non-hydrogen) atoms. The first kappa shape index (κ1) is 13.7. The number of anilines is 1. The maximum absolute atomic E-state index is 5.07. The van der Waals surface area contributed by atoms with Gasteiger partial charge in [0, 0.05) is 11.4 Å². The van der Waals surface area contributed by atoms with Crippen molar-refractivity contribution < 1.29 is 0 Å². The number of hydrogen-bond donors (Lipinski definition) is 1. The number of nitrogens with zero attached hydrogens (tertiary/aromatic N) is 1. The molecule has 0 radical (unpaired) electrons. The Balaban J connectivity index is 1.48. The first-order valence-corrected chi connectivity index (χ1v) is 9.33. The monoisotopic (exact) mass is 300 g/mol. The van der Waals surface area contributed by atoms with Crippen molar-refractivity contribution in [1.29, 1.82) is 0 Å². The summed E-state index contributed by atoms with van der Waals surface area (Å²) in [6, 6.07) is 6.85. The Morgan fingerprint density at radius 1 is 1.19 bits per heavy atom. The van der Waals surface area contributed by atoms with Crippen LogP contribution < -0.4 is 5.32 Å². The lowest BCUT2D eigenvalue weighted by atomic mass is 9.79. The van der Waals surface area contributed by atoms with Crippen LogP contribution in [0.3, 0.4) is 0 Å². The highest BCUT2D eigenvalue weighted by molar-refractivity contribution is 8.14. The number of fused-ring (bicyclic) bond motifs is 1. The molecule has 1 N–H and O–H groups in total. The zero-order valence-corrected chi connectivity index (χ0v) is 13.6. The van der Waals surface area contributed by atoms with Gasteiger partial charge in [-0.3, -0.25) is 4.99 Å². The summed E-state index contributed by atoms with van der Waals surface area (Å²) in [5.41, 5.74) is 4.54. The molecular weight excluding hydrogens is 276 g/mol. The van der Waals surface area contributed by atoms with Gasteiger partial charge in [-0.15, -0.1) is 0 Å². The highest BCUT2D eigenvalue weighted by atomic mass is 32.2. The molecule has 1 aliphatic heterocycles. The quantitative estimate of drug-likeness (QED) is 0.817. The molecule has 1 aromatic carbocycles. The predicted molar refractivity (Wildman–Crippen MR) is 92.3 cm³/mol. The van der Waals surface area contributed by atoms with Crippen LogP contribution in [0.5, 0.6) is 0 Å². The van der Waals surface area contributed by atoms with Crippen LogP contribution in [0.2, 0.25) is 0 Å². The van der Waals surface area contributed by atoms with Crippen molar-refractivity contribution in [2.75, 3.05) is 11.1 Å². The maximum Gasteiger partial charge on any atom is 0.161 e. The molecule has 0 saturated heterocycles. The highest BCUT2D eigenvalue weighted by Crippen LogP contribution is 2.41. The number of thioether (sulfide) groups is 1. The predicted octanol–water partition coefficient (Wildman–Crippen LogP) is 4.64. The van der Waals surface area contributed by atoms with Gasteiger partial charge in [-0.25, -0.2) is 0 Å². The van der Waals surface area contributed by atoms with Crippen LogP contribution in [-0.4, -0.2) is 16.5 Å². The molecule has 1 fully saturated rings. The second-order valence-corrected chi connectivity index (χ2v) is 8.04. The first-order chi connectivity index (χ1) is 10.2. The summed E-state index contributed by atoms with van der Waals surface area (Å²) in [5.74, 6) is 2.07. The Morgan fingerprint density at radius 3 is 2.86 bits per heavy atom. The molecule has 3 aliphatic rings. The minimum Gasteiger partial charge on any atom is -0.335 e. The van der Waals surface area contributed by atoms with Gasteiger partial charge in [0.25, 0.3) is 0 Å². The number of aryl methyl sites for hydroxylation is 2. The molecule has 2 aliphatic carbocycles. The van der Waals surface area contributed by atoms with Crippen LogP contribution >= 0.6 is 11.8 Å². The fourth-order valence-electron chi connectivity index (χ4n) is 3.88. The Morgan fingerprint density at radius 2 is 2.00 bits per heavy atom. The molecule has 0 aromatic heterocycles. The van der Waals surface area contributed by atoms with Crippen LogP contribution in [0.1, 0.15) is 50.2 Å². The highest BCUT2D eigenvalue weighted by Gasteiger charge is 2.38. The van der Waals surface area contributed by atoms with E-state index in [-0.39, 0.29) is 5.54 Å². The van der Waals surface area contributed by atoms with Crippen molar-refractivity contribution in [3.8, 4) is 0 Å². The van der Waals surface area contributed by atoms with Crippen LogP contribution in [-0.2, 0) is 12.8 Å². The van der Waals surface area contributed by atoms with Crippen molar-refractivity contribution >= 4 is 22.6 Å². The standard InChI is InChI=1S/C18H24N2S/c1-13-7-9-18(10-8-13)12-21-17(20-18)19-16-6-5-14-3-2-4-15(14)11-16/h5-6,11,13H,2-4,7-10,12H2,1H3,(H,19,20). The molecule has 0 amide bonds. The van der Waals surface area contributed by atoms with Gasteiger partial charge >= 0.3 is 0 Å². The zero-order chi connectivity index (χ0) is 14.3. The summed E-state index contributed by atoms with van der Waals surface area (Å²) in [6.45, 7) is 2.38. The van der Waals surface area contributed by atoms with Crippen molar-refractivity contribution in [3.63, 3.8) is 0 Å². The molecule has 3 heteroatoms. The van der Waals surface area contributed by atoms with Crippen LogP contribution in [0.4, 0.5) is 5.69 Å².